The maximum atomic E-state index is 6.55. The van der Waals surface area contributed by atoms with Crippen LogP contribution in [0, 0.1) is 5.92 Å². The summed E-state index contributed by atoms with van der Waals surface area (Å²) in [5.74, 6) is 0.801. The molecule has 1 aliphatic carbocycles. The Labute approximate surface area is 113 Å². The fourth-order valence-corrected chi connectivity index (χ4v) is 3.64. The topological polar surface area (TPSA) is 21.3 Å². The van der Waals surface area contributed by atoms with Crippen molar-refractivity contribution in [3.63, 3.8) is 0 Å². The van der Waals surface area contributed by atoms with Gasteiger partial charge in [0.25, 0.3) is 0 Å². The first kappa shape index (κ1) is 14.3. The van der Waals surface area contributed by atoms with Crippen LogP contribution in [0.2, 0.25) is 0 Å². The molecule has 18 heavy (non-hydrogen) atoms. The van der Waals surface area contributed by atoms with Crippen molar-refractivity contribution in [2.75, 3.05) is 13.1 Å². The smallest absolute Gasteiger partial charge is 0.0805 e. The lowest BCUT2D eigenvalue weighted by atomic mass is 9.85. The van der Waals surface area contributed by atoms with Crippen molar-refractivity contribution < 1.29 is 4.74 Å². The second-order valence-corrected chi connectivity index (χ2v) is 6.28. The molecule has 2 nitrogen and oxygen atoms in total. The molecule has 1 aliphatic heterocycles. The van der Waals surface area contributed by atoms with E-state index in [1.54, 1.807) is 0 Å². The minimum atomic E-state index is 0.116. The molecule has 2 heteroatoms. The van der Waals surface area contributed by atoms with Crippen molar-refractivity contribution in [3.8, 4) is 0 Å². The molecule has 1 unspecified atom stereocenters. The van der Waals surface area contributed by atoms with E-state index in [2.05, 4.69) is 19.2 Å². The van der Waals surface area contributed by atoms with Gasteiger partial charge < -0.3 is 10.1 Å². The Kier molecular flexibility index (Phi) is 5.50. The molecule has 0 amide bonds. The zero-order chi connectivity index (χ0) is 12.8. The molecule has 0 aromatic rings. The van der Waals surface area contributed by atoms with Gasteiger partial charge in [-0.2, -0.15) is 0 Å². The maximum absolute atomic E-state index is 6.55. The average Bonchev–Trinajstić information content (AvgIpc) is 2.38. The summed E-state index contributed by atoms with van der Waals surface area (Å²) in [6.07, 6.45) is 12.7. The van der Waals surface area contributed by atoms with E-state index in [9.17, 15) is 0 Å². The number of hydrogen-bond donors (Lipinski definition) is 1. The number of nitrogens with one attached hydrogen (secondary N) is 1. The highest BCUT2D eigenvalue weighted by atomic mass is 16.5. The summed E-state index contributed by atoms with van der Waals surface area (Å²) >= 11 is 0. The van der Waals surface area contributed by atoms with Crippen molar-refractivity contribution in [3.05, 3.63) is 0 Å². The van der Waals surface area contributed by atoms with Crippen LogP contribution in [0.15, 0.2) is 0 Å². The van der Waals surface area contributed by atoms with E-state index in [1.807, 2.05) is 0 Å². The highest BCUT2D eigenvalue weighted by Gasteiger charge is 2.37. The van der Waals surface area contributed by atoms with Crippen LogP contribution in [0.4, 0.5) is 0 Å². The van der Waals surface area contributed by atoms with E-state index in [1.165, 1.54) is 44.9 Å². The number of rotatable bonds is 3. The second kappa shape index (κ2) is 6.91. The predicted octanol–water partition coefficient (Wildman–Crippen LogP) is 3.89. The van der Waals surface area contributed by atoms with E-state index in [0.29, 0.717) is 6.10 Å². The number of morpholine rings is 1. The summed E-state index contributed by atoms with van der Waals surface area (Å²) in [7, 11) is 0. The van der Waals surface area contributed by atoms with Crippen LogP contribution in [-0.4, -0.2) is 24.8 Å². The Morgan fingerprint density at radius 3 is 2.22 bits per heavy atom. The van der Waals surface area contributed by atoms with Gasteiger partial charge in [-0.15, -0.1) is 0 Å². The quantitative estimate of drug-likeness (QED) is 0.824. The van der Waals surface area contributed by atoms with Crippen molar-refractivity contribution in [2.45, 2.75) is 83.3 Å². The molecule has 2 aliphatic rings. The lowest BCUT2D eigenvalue weighted by Gasteiger charge is -2.44. The van der Waals surface area contributed by atoms with Gasteiger partial charge in [-0.25, -0.2) is 0 Å². The van der Waals surface area contributed by atoms with Gasteiger partial charge in [0, 0.05) is 13.1 Å². The zero-order valence-electron chi connectivity index (χ0n) is 12.3. The summed E-state index contributed by atoms with van der Waals surface area (Å²) in [6, 6.07) is 0. The van der Waals surface area contributed by atoms with Gasteiger partial charge in [0.05, 0.1) is 11.7 Å². The molecule has 2 fully saturated rings. The van der Waals surface area contributed by atoms with E-state index < -0.39 is 0 Å². The van der Waals surface area contributed by atoms with E-state index in [-0.39, 0.29) is 5.60 Å². The van der Waals surface area contributed by atoms with Gasteiger partial charge in [0.2, 0.25) is 0 Å². The van der Waals surface area contributed by atoms with Gasteiger partial charge in [-0.05, 0) is 31.6 Å². The third kappa shape index (κ3) is 3.48. The lowest BCUT2D eigenvalue weighted by molar-refractivity contribution is -0.142. The summed E-state index contributed by atoms with van der Waals surface area (Å²) in [5, 5.41) is 3.64. The van der Waals surface area contributed by atoms with E-state index >= 15 is 0 Å². The maximum Gasteiger partial charge on any atom is 0.0805 e. The van der Waals surface area contributed by atoms with Crippen molar-refractivity contribution in [2.24, 2.45) is 5.92 Å². The monoisotopic (exact) mass is 253 g/mol. The molecule has 1 atom stereocenters. The van der Waals surface area contributed by atoms with Crippen molar-refractivity contribution in [1.29, 1.82) is 0 Å². The predicted molar refractivity (Wildman–Crippen MR) is 76.9 cm³/mol. The Morgan fingerprint density at radius 1 is 1.00 bits per heavy atom. The molecular formula is C16H31NO. The van der Waals surface area contributed by atoms with Crippen LogP contribution >= 0.6 is 0 Å². The number of ether oxygens (including phenoxy) is 1. The highest BCUT2D eigenvalue weighted by molar-refractivity contribution is 4.89. The Morgan fingerprint density at radius 2 is 1.61 bits per heavy atom. The first-order valence-electron chi connectivity index (χ1n) is 8.18. The Bertz CT molecular complexity index is 229. The molecule has 0 radical (unpaired) electrons. The van der Waals surface area contributed by atoms with Crippen LogP contribution in [-0.2, 0) is 4.74 Å². The SMILES string of the molecule is CCC1(CC)CNCC(C2CCCCCCC2)O1. The van der Waals surface area contributed by atoms with Crippen LogP contribution in [0.3, 0.4) is 0 Å². The largest absolute Gasteiger partial charge is 0.369 e. The molecule has 1 N–H and O–H groups in total. The molecule has 0 bridgehead atoms. The van der Waals surface area contributed by atoms with Crippen molar-refractivity contribution >= 4 is 0 Å². The van der Waals surface area contributed by atoms with Crippen LogP contribution in [0.5, 0.6) is 0 Å². The van der Waals surface area contributed by atoms with Gasteiger partial charge in [-0.3, -0.25) is 0 Å². The van der Waals surface area contributed by atoms with Gasteiger partial charge in [0.1, 0.15) is 0 Å². The van der Waals surface area contributed by atoms with Crippen molar-refractivity contribution in [1.82, 2.24) is 5.32 Å². The standard InChI is InChI=1S/C16H31NO/c1-3-16(4-2)13-17-12-15(18-16)14-10-8-6-5-7-9-11-14/h14-15,17H,3-13H2,1-2H3. The van der Waals surface area contributed by atoms with Crippen LogP contribution < -0.4 is 5.32 Å². The molecule has 1 heterocycles. The Hall–Kier alpha value is -0.0800. The Balaban J connectivity index is 1.93. The van der Waals surface area contributed by atoms with Crippen LogP contribution in [0.1, 0.15) is 71.6 Å². The molecule has 2 rings (SSSR count). The lowest BCUT2D eigenvalue weighted by Crippen LogP contribution is -2.55. The molecule has 0 aromatic heterocycles. The summed E-state index contributed by atoms with van der Waals surface area (Å²) in [6.45, 7) is 6.66. The minimum Gasteiger partial charge on any atom is -0.369 e. The molecule has 106 valence electrons. The van der Waals surface area contributed by atoms with Gasteiger partial charge >= 0.3 is 0 Å². The fraction of sp³-hybridized carbons (Fsp3) is 1.00. The van der Waals surface area contributed by atoms with E-state index in [0.717, 1.165) is 31.8 Å². The summed E-state index contributed by atoms with van der Waals surface area (Å²) in [4.78, 5) is 0. The third-order valence-electron chi connectivity index (χ3n) is 5.16. The number of hydrogen-bond acceptors (Lipinski definition) is 2. The van der Waals surface area contributed by atoms with Crippen LogP contribution in [0.25, 0.3) is 0 Å². The van der Waals surface area contributed by atoms with Gasteiger partial charge in [0.15, 0.2) is 0 Å². The summed E-state index contributed by atoms with van der Waals surface area (Å²) < 4.78 is 6.55. The molecule has 0 aromatic carbocycles. The normalized spacial score (nSPS) is 30.7. The first-order valence-corrected chi connectivity index (χ1v) is 8.18. The molecule has 1 saturated heterocycles. The molecule has 0 spiro atoms. The van der Waals surface area contributed by atoms with E-state index in [4.69, 9.17) is 4.74 Å². The fourth-order valence-electron chi connectivity index (χ4n) is 3.64. The highest BCUT2D eigenvalue weighted by Crippen LogP contribution is 2.32. The molecular weight excluding hydrogens is 222 g/mol. The van der Waals surface area contributed by atoms with Gasteiger partial charge in [-0.1, -0.05) is 46.0 Å². The first-order chi connectivity index (χ1) is 8.79. The minimum absolute atomic E-state index is 0.116. The third-order valence-corrected chi connectivity index (χ3v) is 5.16. The molecule has 1 saturated carbocycles. The zero-order valence-corrected chi connectivity index (χ0v) is 12.3. The average molecular weight is 253 g/mol. The second-order valence-electron chi connectivity index (χ2n) is 6.28. The summed E-state index contributed by atoms with van der Waals surface area (Å²) in [5.41, 5.74) is 0.116.